The van der Waals surface area contributed by atoms with Crippen LogP contribution in [-0.2, 0) is 11.2 Å². The van der Waals surface area contributed by atoms with Crippen molar-refractivity contribution in [1.29, 1.82) is 0 Å². The molecule has 0 amide bonds. The lowest BCUT2D eigenvalue weighted by molar-refractivity contribution is -0.385. The molecule has 1 N–H and O–H groups in total. The molecule has 0 spiro atoms. The van der Waals surface area contributed by atoms with Gasteiger partial charge in [0, 0.05) is 16.7 Å². The molecular weight excluding hydrogens is 306 g/mol. The molecule has 2 aromatic rings. The molecule has 0 radical (unpaired) electrons. The molecule has 0 aliphatic rings. The number of aryl methyl sites for hydroxylation is 1. The maximum absolute atomic E-state index is 11.5. The van der Waals surface area contributed by atoms with Crippen molar-refractivity contribution < 1.29 is 14.8 Å². The predicted molar refractivity (Wildman–Crippen MR) is 83.4 cm³/mol. The SMILES string of the molecule is Cc1ccc(CC(C(=O)O)c2ccc(Cl)cc2)cc1[N+](=O)[O-]. The van der Waals surface area contributed by atoms with Crippen LogP contribution in [0, 0.1) is 17.0 Å². The van der Waals surface area contributed by atoms with Crippen LogP contribution < -0.4 is 0 Å². The van der Waals surface area contributed by atoms with Gasteiger partial charge in [0.1, 0.15) is 0 Å². The topological polar surface area (TPSA) is 80.4 Å². The molecule has 0 fully saturated rings. The van der Waals surface area contributed by atoms with Crippen LogP contribution in [0.2, 0.25) is 5.02 Å². The van der Waals surface area contributed by atoms with Gasteiger partial charge in [0.15, 0.2) is 0 Å². The van der Waals surface area contributed by atoms with E-state index < -0.39 is 16.8 Å². The summed E-state index contributed by atoms with van der Waals surface area (Å²) in [5, 5.41) is 20.9. The van der Waals surface area contributed by atoms with Gasteiger partial charge < -0.3 is 5.11 Å². The van der Waals surface area contributed by atoms with Gasteiger partial charge in [-0.2, -0.15) is 0 Å². The molecule has 5 nitrogen and oxygen atoms in total. The Morgan fingerprint density at radius 1 is 1.27 bits per heavy atom. The van der Waals surface area contributed by atoms with Gasteiger partial charge in [0.25, 0.3) is 5.69 Å². The molecule has 22 heavy (non-hydrogen) atoms. The van der Waals surface area contributed by atoms with Crippen molar-refractivity contribution in [2.75, 3.05) is 0 Å². The summed E-state index contributed by atoms with van der Waals surface area (Å²) in [5.74, 6) is -1.76. The van der Waals surface area contributed by atoms with Crippen LogP contribution in [0.5, 0.6) is 0 Å². The van der Waals surface area contributed by atoms with Crippen molar-refractivity contribution >= 4 is 23.3 Å². The second-order valence-corrected chi connectivity index (χ2v) is 5.46. The molecule has 1 atom stereocenters. The number of benzene rings is 2. The first-order valence-electron chi connectivity index (χ1n) is 6.60. The fourth-order valence-corrected chi connectivity index (χ4v) is 2.38. The molecule has 0 saturated heterocycles. The summed E-state index contributed by atoms with van der Waals surface area (Å²) >= 11 is 5.81. The van der Waals surface area contributed by atoms with Crippen molar-refractivity contribution in [3.05, 3.63) is 74.3 Å². The van der Waals surface area contributed by atoms with Crippen LogP contribution in [0.1, 0.15) is 22.6 Å². The highest BCUT2D eigenvalue weighted by Crippen LogP contribution is 2.26. The van der Waals surface area contributed by atoms with Gasteiger partial charge in [-0.1, -0.05) is 35.9 Å². The Labute approximate surface area is 132 Å². The summed E-state index contributed by atoms with van der Waals surface area (Å²) in [5.41, 5.74) is 1.77. The maximum Gasteiger partial charge on any atom is 0.311 e. The molecule has 0 bridgehead atoms. The van der Waals surface area contributed by atoms with Gasteiger partial charge in [-0.15, -0.1) is 0 Å². The van der Waals surface area contributed by atoms with Gasteiger partial charge in [-0.05, 0) is 36.6 Å². The Balaban J connectivity index is 2.32. The van der Waals surface area contributed by atoms with E-state index in [0.717, 1.165) is 0 Å². The Hall–Kier alpha value is -2.40. The lowest BCUT2D eigenvalue weighted by atomic mass is 9.91. The predicted octanol–water partition coefficient (Wildman–Crippen LogP) is 3.97. The van der Waals surface area contributed by atoms with E-state index in [2.05, 4.69) is 0 Å². The number of rotatable bonds is 5. The quantitative estimate of drug-likeness (QED) is 0.668. The van der Waals surface area contributed by atoms with Crippen LogP contribution in [0.4, 0.5) is 5.69 Å². The van der Waals surface area contributed by atoms with E-state index in [4.69, 9.17) is 11.6 Å². The number of carboxylic acids is 1. The number of hydrogen-bond acceptors (Lipinski definition) is 3. The van der Waals surface area contributed by atoms with Crippen LogP contribution in [-0.4, -0.2) is 16.0 Å². The number of hydrogen-bond donors (Lipinski definition) is 1. The van der Waals surface area contributed by atoms with E-state index in [1.54, 1.807) is 43.3 Å². The number of nitro groups is 1. The molecule has 2 rings (SSSR count). The first-order valence-corrected chi connectivity index (χ1v) is 6.98. The summed E-state index contributed by atoms with van der Waals surface area (Å²) in [6.07, 6.45) is 0.179. The van der Waals surface area contributed by atoms with Crippen molar-refractivity contribution in [2.45, 2.75) is 19.3 Å². The van der Waals surface area contributed by atoms with E-state index in [1.165, 1.54) is 6.07 Å². The zero-order valence-electron chi connectivity index (χ0n) is 11.8. The number of aliphatic carboxylic acids is 1. The lowest BCUT2D eigenvalue weighted by Gasteiger charge is -2.13. The Bertz CT molecular complexity index is 713. The minimum atomic E-state index is -0.981. The van der Waals surface area contributed by atoms with Gasteiger partial charge in [0.05, 0.1) is 10.8 Å². The average molecular weight is 320 g/mol. The molecule has 2 aromatic carbocycles. The van der Waals surface area contributed by atoms with Gasteiger partial charge in [-0.25, -0.2) is 0 Å². The second kappa shape index (κ2) is 6.58. The third-order valence-corrected chi connectivity index (χ3v) is 3.73. The standard InChI is InChI=1S/C16H14ClNO4/c1-10-2-3-11(9-15(10)18(21)22)8-14(16(19)20)12-4-6-13(17)7-5-12/h2-7,9,14H,8H2,1H3,(H,19,20). The molecule has 1 unspecified atom stereocenters. The van der Waals surface area contributed by atoms with Crippen molar-refractivity contribution in [3.8, 4) is 0 Å². The summed E-state index contributed by atoms with van der Waals surface area (Å²) in [6.45, 7) is 1.65. The van der Waals surface area contributed by atoms with Gasteiger partial charge >= 0.3 is 5.97 Å². The summed E-state index contributed by atoms with van der Waals surface area (Å²) < 4.78 is 0. The third kappa shape index (κ3) is 3.62. The molecule has 0 saturated carbocycles. The lowest BCUT2D eigenvalue weighted by Crippen LogP contribution is -2.14. The smallest absolute Gasteiger partial charge is 0.311 e. The molecule has 0 aliphatic heterocycles. The number of carbonyl (C=O) groups is 1. The fourth-order valence-electron chi connectivity index (χ4n) is 2.26. The highest BCUT2D eigenvalue weighted by Gasteiger charge is 2.22. The zero-order chi connectivity index (χ0) is 16.3. The zero-order valence-corrected chi connectivity index (χ0v) is 12.6. The molecule has 114 valence electrons. The highest BCUT2D eigenvalue weighted by molar-refractivity contribution is 6.30. The first kappa shape index (κ1) is 16.0. The Morgan fingerprint density at radius 2 is 1.91 bits per heavy atom. The molecule has 0 aliphatic carbocycles. The number of nitro benzene ring substituents is 1. The summed E-state index contributed by atoms with van der Waals surface area (Å²) in [6, 6.07) is 11.4. The van der Waals surface area contributed by atoms with E-state index in [1.807, 2.05) is 0 Å². The normalized spacial score (nSPS) is 11.9. The molecule has 6 heteroatoms. The molecular formula is C16H14ClNO4. The number of nitrogens with zero attached hydrogens (tertiary/aromatic N) is 1. The van der Waals surface area contributed by atoms with Crippen LogP contribution >= 0.6 is 11.6 Å². The van der Waals surface area contributed by atoms with Gasteiger partial charge in [0.2, 0.25) is 0 Å². The Morgan fingerprint density at radius 3 is 2.45 bits per heavy atom. The highest BCUT2D eigenvalue weighted by atomic mass is 35.5. The summed E-state index contributed by atoms with van der Waals surface area (Å²) in [7, 11) is 0. The minimum Gasteiger partial charge on any atom is -0.481 e. The number of carboxylic acid groups (broad SMARTS) is 1. The average Bonchev–Trinajstić information content (AvgIpc) is 2.47. The fraction of sp³-hybridized carbons (Fsp3) is 0.188. The summed E-state index contributed by atoms with van der Waals surface area (Å²) in [4.78, 5) is 22.0. The largest absolute Gasteiger partial charge is 0.481 e. The number of halogens is 1. The monoisotopic (exact) mass is 319 g/mol. The van der Waals surface area contributed by atoms with Crippen LogP contribution in [0.25, 0.3) is 0 Å². The van der Waals surface area contributed by atoms with E-state index in [9.17, 15) is 20.0 Å². The third-order valence-electron chi connectivity index (χ3n) is 3.48. The second-order valence-electron chi connectivity index (χ2n) is 5.02. The van der Waals surface area contributed by atoms with Crippen LogP contribution in [0.15, 0.2) is 42.5 Å². The van der Waals surface area contributed by atoms with E-state index in [0.29, 0.717) is 21.7 Å². The molecule has 0 heterocycles. The van der Waals surface area contributed by atoms with E-state index in [-0.39, 0.29) is 12.1 Å². The minimum absolute atomic E-state index is 0.00209. The van der Waals surface area contributed by atoms with Crippen molar-refractivity contribution in [2.24, 2.45) is 0 Å². The van der Waals surface area contributed by atoms with Gasteiger partial charge in [-0.3, -0.25) is 14.9 Å². The first-order chi connectivity index (χ1) is 10.4. The van der Waals surface area contributed by atoms with E-state index >= 15 is 0 Å². The van der Waals surface area contributed by atoms with Crippen molar-refractivity contribution in [3.63, 3.8) is 0 Å². The Kier molecular flexibility index (Phi) is 4.78. The van der Waals surface area contributed by atoms with Crippen molar-refractivity contribution in [1.82, 2.24) is 0 Å². The molecule has 0 aromatic heterocycles. The maximum atomic E-state index is 11.5. The van der Waals surface area contributed by atoms with Crippen LogP contribution in [0.3, 0.4) is 0 Å².